The molecule has 3 heteroatoms. The minimum atomic E-state index is -0.0664. The van der Waals surface area contributed by atoms with E-state index in [9.17, 15) is 0 Å². The van der Waals surface area contributed by atoms with Crippen LogP contribution in [0.5, 0.6) is 11.5 Å². The lowest BCUT2D eigenvalue weighted by Crippen LogP contribution is -2.16. The van der Waals surface area contributed by atoms with E-state index in [1.807, 2.05) is 25.1 Å². The number of nitrogens with two attached hydrogens (primary N) is 1. The predicted octanol–water partition coefficient (Wildman–Crippen LogP) is 1.87. The molecule has 1 unspecified atom stereocenters. The van der Waals surface area contributed by atoms with Crippen LogP contribution in [0.25, 0.3) is 0 Å². The summed E-state index contributed by atoms with van der Waals surface area (Å²) in [6, 6.07) is 5.75. The van der Waals surface area contributed by atoms with Crippen LogP contribution in [0.3, 0.4) is 0 Å². The summed E-state index contributed by atoms with van der Waals surface area (Å²) in [5.41, 5.74) is 7.05. The highest BCUT2D eigenvalue weighted by Gasteiger charge is 2.13. The molecule has 0 aliphatic carbocycles. The Morgan fingerprint density at radius 2 is 2.06 bits per heavy atom. The summed E-state index contributed by atoms with van der Waals surface area (Å²) in [6.45, 7) is 3.02. The van der Waals surface area contributed by atoms with Gasteiger partial charge in [-0.15, -0.1) is 11.8 Å². The van der Waals surface area contributed by atoms with E-state index in [1.54, 1.807) is 0 Å². The first-order chi connectivity index (χ1) is 7.81. The van der Waals surface area contributed by atoms with Crippen molar-refractivity contribution in [3.63, 3.8) is 0 Å². The van der Waals surface area contributed by atoms with Crippen molar-refractivity contribution in [1.29, 1.82) is 0 Å². The highest BCUT2D eigenvalue weighted by Crippen LogP contribution is 2.32. The number of hydrogen-bond donors (Lipinski definition) is 1. The number of benzene rings is 1. The number of rotatable bonds is 2. The third kappa shape index (κ3) is 2.29. The van der Waals surface area contributed by atoms with Gasteiger partial charge >= 0.3 is 0 Å². The van der Waals surface area contributed by atoms with E-state index in [0.717, 1.165) is 17.1 Å². The first-order valence-electron chi connectivity index (χ1n) is 5.36. The van der Waals surface area contributed by atoms with Crippen molar-refractivity contribution in [2.45, 2.75) is 19.4 Å². The van der Waals surface area contributed by atoms with Crippen molar-refractivity contribution in [2.75, 3.05) is 13.2 Å². The van der Waals surface area contributed by atoms with Gasteiger partial charge in [0.15, 0.2) is 11.5 Å². The lowest BCUT2D eigenvalue weighted by molar-refractivity contribution is 0.171. The molecule has 2 N–H and O–H groups in total. The molecule has 84 valence electrons. The molecule has 1 aromatic carbocycles. The fourth-order valence-corrected chi connectivity index (χ4v) is 1.62. The molecule has 0 aromatic heterocycles. The van der Waals surface area contributed by atoms with Crippen molar-refractivity contribution >= 4 is 0 Å². The molecule has 0 bridgehead atoms. The molecule has 0 saturated carbocycles. The van der Waals surface area contributed by atoms with E-state index < -0.39 is 0 Å². The van der Waals surface area contributed by atoms with E-state index in [1.165, 1.54) is 0 Å². The SMILES string of the molecule is CC#CCC(N)c1ccc2c(c1)OCCO2. The second-order valence-electron chi connectivity index (χ2n) is 3.64. The van der Waals surface area contributed by atoms with Crippen LogP contribution in [0.2, 0.25) is 0 Å². The molecule has 1 atom stereocenters. The maximum Gasteiger partial charge on any atom is 0.161 e. The van der Waals surface area contributed by atoms with Gasteiger partial charge < -0.3 is 15.2 Å². The minimum Gasteiger partial charge on any atom is -0.486 e. The van der Waals surface area contributed by atoms with Gasteiger partial charge in [0.1, 0.15) is 13.2 Å². The van der Waals surface area contributed by atoms with Crippen LogP contribution in [0.1, 0.15) is 24.9 Å². The van der Waals surface area contributed by atoms with Gasteiger partial charge in [0.25, 0.3) is 0 Å². The van der Waals surface area contributed by atoms with Crippen LogP contribution in [0, 0.1) is 11.8 Å². The van der Waals surface area contributed by atoms with Gasteiger partial charge in [-0.05, 0) is 24.6 Å². The Balaban J connectivity index is 2.18. The highest BCUT2D eigenvalue weighted by molar-refractivity contribution is 5.44. The molecule has 0 saturated heterocycles. The summed E-state index contributed by atoms with van der Waals surface area (Å²) in [4.78, 5) is 0. The van der Waals surface area contributed by atoms with Crippen LogP contribution in [-0.4, -0.2) is 13.2 Å². The van der Waals surface area contributed by atoms with Gasteiger partial charge in [-0.3, -0.25) is 0 Å². The molecule has 1 aromatic rings. The largest absolute Gasteiger partial charge is 0.486 e. The topological polar surface area (TPSA) is 44.5 Å². The zero-order valence-corrected chi connectivity index (χ0v) is 9.32. The molecule has 0 amide bonds. The second-order valence-corrected chi connectivity index (χ2v) is 3.64. The van der Waals surface area contributed by atoms with Crippen molar-refractivity contribution in [2.24, 2.45) is 5.73 Å². The van der Waals surface area contributed by atoms with Gasteiger partial charge in [-0.25, -0.2) is 0 Å². The van der Waals surface area contributed by atoms with Gasteiger partial charge in [-0.1, -0.05) is 6.07 Å². The fourth-order valence-electron chi connectivity index (χ4n) is 1.62. The number of hydrogen-bond acceptors (Lipinski definition) is 3. The van der Waals surface area contributed by atoms with E-state index in [-0.39, 0.29) is 6.04 Å². The summed E-state index contributed by atoms with van der Waals surface area (Å²) in [6.07, 6.45) is 0.663. The van der Waals surface area contributed by atoms with Crippen LogP contribution in [-0.2, 0) is 0 Å². The highest BCUT2D eigenvalue weighted by atomic mass is 16.6. The second kappa shape index (κ2) is 4.91. The molecule has 0 fully saturated rings. The average Bonchev–Trinajstić information content (AvgIpc) is 2.35. The zero-order valence-electron chi connectivity index (χ0n) is 9.32. The molecule has 0 spiro atoms. The van der Waals surface area contributed by atoms with Crippen molar-refractivity contribution in [3.8, 4) is 23.3 Å². The monoisotopic (exact) mass is 217 g/mol. The Kier molecular flexibility index (Phi) is 3.33. The van der Waals surface area contributed by atoms with Gasteiger partial charge in [-0.2, -0.15) is 0 Å². The molecule has 16 heavy (non-hydrogen) atoms. The maximum absolute atomic E-state index is 6.02. The molecule has 0 radical (unpaired) electrons. The lowest BCUT2D eigenvalue weighted by atomic mass is 10.0. The molecule has 1 aliphatic rings. The average molecular weight is 217 g/mol. The Bertz CT molecular complexity index is 431. The van der Waals surface area contributed by atoms with Crippen LogP contribution in [0.15, 0.2) is 18.2 Å². The van der Waals surface area contributed by atoms with Gasteiger partial charge in [0.2, 0.25) is 0 Å². The van der Waals surface area contributed by atoms with E-state index in [0.29, 0.717) is 19.6 Å². The molecule has 1 aliphatic heterocycles. The van der Waals surface area contributed by atoms with Crippen molar-refractivity contribution < 1.29 is 9.47 Å². The lowest BCUT2D eigenvalue weighted by Gasteiger charge is -2.20. The van der Waals surface area contributed by atoms with E-state index in [2.05, 4.69) is 11.8 Å². The quantitative estimate of drug-likeness (QED) is 0.769. The summed E-state index contributed by atoms with van der Waals surface area (Å²) in [5.74, 6) is 7.40. The number of fused-ring (bicyclic) bond motifs is 1. The smallest absolute Gasteiger partial charge is 0.161 e. The Morgan fingerprint density at radius 3 is 2.81 bits per heavy atom. The van der Waals surface area contributed by atoms with Crippen LogP contribution < -0.4 is 15.2 Å². The molecule has 2 rings (SSSR count). The van der Waals surface area contributed by atoms with Crippen LogP contribution in [0.4, 0.5) is 0 Å². The molecule has 3 nitrogen and oxygen atoms in total. The third-order valence-electron chi connectivity index (χ3n) is 2.49. The summed E-state index contributed by atoms with van der Waals surface area (Å²) < 4.78 is 10.9. The molecule has 1 heterocycles. The first-order valence-corrected chi connectivity index (χ1v) is 5.36. The summed E-state index contributed by atoms with van der Waals surface area (Å²) in [7, 11) is 0. The molecular formula is C13H15NO2. The zero-order chi connectivity index (χ0) is 11.4. The van der Waals surface area contributed by atoms with E-state index in [4.69, 9.17) is 15.2 Å². The number of ether oxygens (including phenoxy) is 2. The first kappa shape index (κ1) is 10.8. The third-order valence-corrected chi connectivity index (χ3v) is 2.49. The maximum atomic E-state index is 6.02. The Morgan fingerprint density at radius 1 is 1.31 bits per heavy atom. The Hall–Kier alpha value is -1.66. The van der Waals surface area contributed by atoms with Gasteiger partial charge in [0, 0.05) is 12.5 Å². The van der Waals surface area contributed by atoms with Gasteiger partial charge in [0.05, 0.1) is 0 Å². The van der Waals surface area contributed by atoms with Crippen molar-refractivity contribution in [3.05, 3.63) is 23.8 Å². The Labute approximate surface area is 95.5 Å². The van der Waals surface area contributed by atoms with Crippen molar-refractivity contribution in [1.82, 2.24) is 0 Å². The summed E-state index contributed by atoms with van der Waals surface area (Å²) in [5, 5.41) is 0. The normalized spacial score (nSPS) is 14.9. The minimum absolute atomic E-state index is 0.0664. The standard InChI is InChI=1S/C13H15NO2/c1-2-3-4-11(14)10-5-6-12-13(9-10)16-8-7-15-12/h5-6,9,11H,4,7-8,14H2,1H3. The van der Waals surface area contributed by atoms with E-state index >= 15 is 0 Å². The predicted molar refractivity (Wildman–Crippen MR) is 62.4 cm³/mol. The molecular weight excluding hydrogens is 202 g/mol. The fraction of sp³-hybridized carbons (Fsp3) is 0.385. The van der Waals surface area contributed by atoms with Crippen LogP contribution >= 0.6 is 0 Å². The summed E-state index contributed by atoms with van der Waals surface area (Å²) >= 11 is 0.